The molecule has 1 aliphatic heterocycles. The van der Waals surface area contributed by atoms with Gasteiger partial charge in [-0.2, -0.15) is 0 Å². The quantitative estimate of drug-likeness (QED) is 0.263. The number of aliphatic imine (C=N–C) groups is 1. The Morgan fingerprint density at radius 2 is 2.33 bits per heavy atom. The average Bonchev–Trinajstić information content (AvgIpc) is 3.22. The third kappa shape index (κ3) is 7.67. The van der Waals surface area contributed by atoms with Crippen LogP contribution in [0.2, 0.25) is 0 Å². The molecule has 1 fully saturated rings. The molecule has 0 aromatic carbocycles. The molecule has 0 bridgehead atoms. The van der Waals surface area contributed by atoms with Crippen LogP contribution in [0, 0.1) is 5.92 Å². The summed E-state index contributed by atoms with van der Waals surface area (Å²) in [6.45, 7) is 8.12. The number of thiophene rings is 1. The van der Waals surface area contributed by atoms with Crippen molar-refractivity contribution in [1.82, 2.24) is 10.2 Å². The minimum absolute atomic E-state index is 0. The minimum atomic E-state index is 0. The van der Waals surface area contributed by atoms with Crippen LogP contribution in [0.3, 0.4) is 0 Å². The zero-order chi connectivity index (χ0) is 16.3. The number of halogens is 1. The molecule has 1 N–H and O–H groups in total. The Morgan fingerprint density at radius 1 is 1.46 bits per heavy atom. The van der Waals surface area contributed by atoms with Crippen molar-refractivity contribution in [1.29, 1.82) is 0 Å². The highest BCUT2D eigenvalue weighted by atomic mass is 127. The molecule has 24 heavy (non-hydrogen) atoms. The number of nitrogens with zero attached hydrogens (tertiary/aromatic N) is 2. The van der Waals surface area contributed by atoms with Gasteiger partial charge in [-0.05, 0) is 24.8 Å². The van der Waals surface area contributed by atoms with Crippen LogP contribution in [-0.2, 0) is 15.9 Å². The second-order valence-electron chi connectivity index (χ2n) is 5.73. The Bertz CT molecular complexity index is 457. The fraction of sp³-hybridized carbons (Fsp3) is 0.706. The molecule has 1 aliphatic rings. The number of nitrogens with one attached hydrogen (secondary N) is 1. The first-order valence-electron chi connectivity index (χ1n) is 8.45. The summed E-state index contributed by atoms with van der Waals surface area (Å²) in [5.74, 6) is 1.64. The van der Waals surface area contributed by atoms with Crippen LogP contribution < -0.4 is 5.32 Å². The van der Waals surface area contributed by atoms with E-state index >= 15 is 0 Å². The van der Waals surface area contributed by atoms with Gasteiger partial charge in [0, 0.05) is 50.5 Å². The van der Waals surface area contributed by atoms with E-state index in [-0.39, 0.29) is 24.0 Å². The Labute approximate surface area is 166 Å². The van der Waals surface area contributed by atoms with Gasteiger partial charge in [-0.1, -0.05) is 6.07 Å². The highest BCUT2D eigenvalue weighted by molar-refractivity contribution is 14.0. The summed E-state index contributed by atoms with van der Waals surface area (Å²) in [5, 5.41) is 5.54. The van der Waals surface area contributed by atoms with Crippen molar-refractivity contribution in [2.75, 3.05) is 53.1 Å². The maximum atomic E-state index is 5.67. The predicted molar refractivity (Wildman–Crippen MR) is 112 cm³/mol. The van der Waals surface area contributed by atoms with E-state index in [9.17, 15) is 0 Å². The zero-order valence-corrected chi connectivity index (χ0v) is 17.8. The second kappa shape index (κ2) is 12.9. The van der Waals surface area contributed by atoms with E-state index in [2.05, 4.69) is 34.7 Å². The Balaban J connectivity index is 0.00000288. The monoisotopic (exact) mass is 467 g/mol. The van der Waals surface area contributed by atoms with E-state index in [0.29, 0.717) is 19.1 Å². The van der Waals surface area contributed by atoms with Crippen LogP contribution in [0.1, 0.15) is 18.2 Å². The normalized spacial score (nSPS) is 17.8. The zero-order valence-electron chi connectivity index (χ0n) is 14.7. The highest BCUT2D eigenvalue weighted by Crippen LogP contribution is 2.17. The molecule has 1 saturated heterocycles. The van der Waals surface area contributed by atoms with Crippen LogP contribution in [-0.4, -0.2) is 64.0 Å². The first kappa shape index (κ1) is 21.7. The molecule has 2 heterocycles. The van der Waals surface area contributed by atoms with Crippen molar-refractivity contribution in [3.63, 3.8) is 0 Å². The summed E-state index contributed by atoms with van der Waals surface area (Å²) in [4.78, 5) is 8.55. The van der Waals surface area contributed by atoms with E-state index < -0.39 is 0 Å². The first-order chi connectivity index (χ1) is 11.3. The van der Waals surface area contributed by atoms with Crippen LogP contribution >= 0.6 is 35.3 Å². The molecule has 1 aromatic rings. The fourth-order valence-corrected chi connectivity index (χ4v) is 3.40. The predicted octanol–water partition coefficient (Wildman–Crippen LogP) is 2.86. The number of rotatable bonds is 9. The lowest BCUT2D eigenvalue weighted by Gasteiger charge is -2.21. The third-order valence-corrected chi connectivity index (χ3v) is 4.84. The molecule has 138 valence electrons. The molecule has 0 radical (unpaired) electrons. The molecule has 0 spiro atoms. The maximum absolute atomic E-state index is 5.67. The van der Waals surface area contributed by atoms with E-state index in [0.717, 1.165) is 45.2 Å². The van der Waals surface area contributed by atoms with Gasteiger partial charge in [0.1, 0.15) is 0 Å². The van der Waals surface area contributed by atoms with E-state index in [1.165, 1.54) is 11.3 Å². The molecule has 7 heteroatoms. The van der Waals surface area contributed by atoms with Gasteiger partial charge in [-0.3, -0.25) is 4.99 Å². The molecule has 0 saturated carbocycles. The summed E-state index contributed by atoms with van der Waals surface area (Å²) in [6.07, 6.45) is 2.19. The molecular formula is C17H30IN3O2S. The molecule has 0 amide bonds. The van der Waals surface area contributed by atoms with Crippen molar-refractivity contribution < 1.29 is 9.47 Å². The molecular weight excluding hydrogens is 437 g/mol. The van der Waals surface area contributed by atoms with Crippen LogP contribution in [0.15, 0.2) is 22.5 Å². The molecule has 2 rings (SSSR count). The summed E-state index contributed by atoms with van der Waals surface area (Å²) in [7, 11) is 1.70. The highest BCUT2D eigenvalue weighted by Gasteiger charge is 2.24. The number of hydrogen-bond donors (Lipinski definition) is 1. The van der Waals surface area contributed by atoms with Crippen molar-refractivity contribution in [2.45, 2.75) is 19.8 Å². The topological polar surface area (TPSA) is 46.1 Å². The maximum Gasteiger partial charge on any atom is 0.193 e. The smallest absolute Gasteiger partial charge is 0.193 e. The lowest BCUT2D eigenvalue weighted by atomic mass is 10.1. The molecule has 1 atom stereocenters. The summed E-state index contributed by atoms with van der Waals surface area (Å²) >= 11 is 1.80. The molecule has 1 aromatic heterocycles. The van der Waals surface area contributed by atoms with Crippen molar-refractivity contribution >= 4 is 41.3 Å². The van der Waals surface area contributed by atoms with E-state index in [4.69, 9.17) is 14.5 Å². The van der Waals surface area contributed by atoms with Gasteiger partial charge in [0.15, 0.2) is 5.96 Å². The molecule has 5 nitrogen and oxygen atoms in total. The van der Waals surface area contributed by atoms with Gasteiger partial charge in [0.25, 0.3) is 0 Å². The standard InChI is InChI=1S/C17H29N3O2S.HI/c1-3-18-17(19-8-6-16-5-4-12-23-16)20-9-7-15(13-20)14-22-11-10-21-2;/h4-5,12,15H,3,6-11,13-14H2,1-2H3,(H,18,19);1H. The summed E-state index contributed by atoms with van der Waals surface area (Å²) in [6, 6.07) is 4.28. The first-order valence-corrected chi connectivity index (χ1v) is 9.33. The van der Waals surface area contributed by atoms with Gasteiger partial charge in [0.05, 0.1) is 19.8 Å². The third-order valence-electron chi connectivity index (χ3n) is 3.91. The van der Waals surface area contributed by atoms with E-state index in [1.54, 1.807) is 18.4 Å². The lowest BCUT2D eigenvalue weighted by molar-refractivity contribution is 0.0536. The molecule has 0 aliphatic carbocycles. The van der Waals surface area contributed by atoms with Gasteiger partial charge in [-0.15, -0.1) is 35.3 Å². The molecule has 1 unspecified atom stereocenters. The number of guanidine groups is 1. The lowest BCUT2D eigenvalue weighted by Crippen LogP contribution is -2.40. The van der Waals surface area contributed by atoms with Gasteiger partial charge < -0.3 is 19.7 Å². The number of ether oxygens (including phenoxy) is 2. The van der Waals surface area contributed by atoms with Crippen LogP contribution in [0.4, 0.5) is 0 Å². The fourth-order valence-electron chi connectivity index (χ4n) is 2.71. The van der Waals surface area contributed by atoms with Crippen molar-refractivity contribution in [2.24, 2.45) is 10.9 Å². The Hall–Kier alpha value is -0.380. The number of likely N-dealkylation sites (tertiary alicyclic amines) is 1. The summed E-state index contributed by atoms with van der Waals surface area (Å²) in [5.41, 5.74) is 0. The van der Waals surface area contributed by atoms with E-state index in [1.807, 2.05) is 0 Å². The number of hydrogen-bond acceptors (Lipinski definition) is 4. The van der Waals surface area contributed by atoms with Crippen LogP contribution in [0.25, 0.3) is 0 Å². The van der Waals surface area contributed by atoms with Gasteiger partial charge in [0.2, 0.25) is 0 Å². The summed E-state index contributed by atoms with van der Waals surface area (Å²) < 4.78 is 10.7. The Kier molecular flexibility index (Phi) is 11.7. The SMILES string of the molecule is CCNC(=NCCc1cccs1)N1CCC(COCCOC)C1.I. The van der Waals surface area contributed by atoms with Crippen molar-refractivity contribution in [3.05, 3.63) is 22.4 Å². The van der Waals surface area contributed by atoms with Gasteiger partial charge in [-0.25, -0.2) is 0 Å². The minimum Gasteiger partial charge on any atom is -0.382 e. The number of methoxy groups -OCH3 is 1. The average molecular weight is 467 g/mol. The Morgan fingerprint density at radius 3 is 3.04 bits per heavy atom. The van der Waals surface area contributed by atoms with Crippen molar-refractivity contribution in [3.8, 4) is 0 Å². The largest absolute Gasteiger partial charge is 0.382 e. The second-order valence-corrected chi connectivity index (χ2v) is 6.77. The van der Waals surface area contributed by atoms with Crippen LogP contribution in [0.5, 0.6) is 0 Å². The van der Waals surface area contributed by atoms with Gasteiger partial charge >= 0.3 is 0 Å².